The van der Waals surface area contributed by atoms with Crippen LogP contribution in [0.5, 0.6) is 0 Å². The van der Waals surface area contributed by atoms with Crippen LogP contribution in [0.4, 0.5) is 0 Å². The zero-order valence-corrected chi connectivity index (χ0v) is 10.6. The fourth-order valence-corrected chi connectivity index (χ4v) is 2.96. The highest BCUT2D eigenvalue weighted by atomic mass is 14.2. The van der Waals surface area contributed by atoms with Crippen molar-refractivity contribution in [2.75, 3.05) is 0 Å². The molecular formula is C19H13. The van der Waals surface area contributed by atoms with Gasteiger partial charge in [-0.15, -0.1) is 0 Å². The van der Waals surface area contributed by atoms with Crippen LogP contribution in [0, 0.1) is 6.07 Å². The van der Waals surface area contributed by atoms with Crippen LogP contribution in [0.15, 0.2) is 66.7 Å². The minimum absolute atomic E-state index is 1.03. The van der Waals surface area contributed by atoms with Crippen molar-refractivity contribution in [3.63, 3.8) is 0 Å². The Bertz CT molecular complexity index is 739. The van der Waals surface area contributed by atoms with Crippen molar-refractivity contribution < 1.29 is 0 Å². The Morgan fingerprint density at radius 1 is 0.684 bits per heavy atom. The molecule has 0 atom stereocenters. The Kier molecular flexibility index (Phi) is 2.28. The lowest BCUT2D eigenvalue weighted by Gasteiger charge is -2.08. The molecule has 0 aliphatic heterocycles. The van der Waals surface area contributed by atoms with Gasteiger partial charge in [0.1, 0.15) is 0 Å². The van der Waals surface area contributed by atoms with Gasteiger partial charge in [0.25, 0.3) is 0 Å². The summed E-state index contributed by atoms with van der Waals surface area (Å²) in [6.45, 7) is 0. The molecule has 0 spiro atoms. The zero-order valence-electron chi connectivity index (χ0n) is 10.6. The summed E-state index contributed by atoms with van der Waals surface area (Å²) in [5, 5.41) is 0. The third kappa shape index (κ3) is 1.61. The summed E-state index contributed by atoms with van der Waals surface area (Å²) in [6.07, 6.45) is 1.03. The predicted molar refractivity (Wildman–Crippen MR) is 79.0 cm³/mol. The maximum atomic E-state index is 3.30. The van der Waals surface area contributed by atoms with Crippen LogP contribution in [-0.2, 0) is 6.42 Å². The molecule has 89 valence electrons. The van der Waals surface area contributed by atoms with Crippen LogP contribution in [-0.4, -0.2) is 0 Å². The highest BCUT2D eigenvalue weighted by molar-refractivity contribution is 5.84. The van der Waals surface area contributed by atoms with E-state index in [-0.39, 0.29) is 0 Å². The number of rotatable bonds is 1. The number of fused-ring (bicyclic) bond motifs is 3. The molecule has 4 rings (SSSR count). The van der Waals surface area contributed by atoms with E-state index < -0.39 is 0 Å². The van der Waals surface area contributed by atoms with Gasteiger partial charge < -0.3 is 0 Å². The van der Waals surface area contributed by atoms with Gasteiger partial charge in [0.05, 0.1) is 0 Å². The standard InChI is InChI=1S/C19H13/c1-2-7-14(8-3-1)16-11-6-12-18-17-10-5-4-9-15(17)13-19(16)18/h1-5,7-12H,13H2. The molecular weight excluding hydrogens is 228 g/mol. The molecule has 0 N–H and O–H groups in total. The summed E-state index contributed by atoms with van der Waals surface area (Å²) >= 11 is 0. The molecule has 3 aromatic rings. The third-order valence-corrected chi connectivity index (χ3v) is 3.87. The highest BCUT2D eigenvalue weighted by Gasteiger charge is 2.20. The Balaban J connectivity index is 1.95. The van der Waals surface area contributed by atoms with Crippen LogP contribution < -0.4 is 0 Å². The van der Waals surface area contributed by atoms with E-state index in [2.05, 4.69) is 72.8 Å². The second-order valence-electron chi connectivity index (χ2n) is 4.96. The van der Waals surface area contributed by atoms with E-state index in [0.29, 0.717) is 0 Å². The fourth-order valence-electron chi connectivity index (χ4n) is 2.96. The first-order valence-corrected chi connectivity index (χ1v) is 6.60. The first-order chi connectivity index (χ1) is 9.43. The summed E-state index contributed by atoms with van der Waals surface area (Å²) in [7, 11) is 0. The lowest BCUT2D eigenvalue weighted by molar-refractivity contribution is 1.26. The first kappa shape index (κ1) is 10.6. The van der Waals surface area contributed by atoms with E-state index in [4.69, 9.17) is 0 Å². The Morgan fingerprint density at radius 3 is 2.32 bits per heavy atom. The largest absolute Gasteiger partial charge is 0.0622 e. The summed E-state index contributed by atoms with van der Waals surface area (Å²) in [5.41, 5.74) is 8.17. The molecule has 1 aliphatic rings. The molecule has 0 amide bonds. The van der Waals surface area contributed by atoms with Crippen molar-refractivity contribution in [3.05, 3.63) is 83.9 Å². The number of hydrogen-bond acceptors (Lipinski definition) is 0. The molecule has 19 heavy (non-hydrogen) atoms. The highest BCUT2D eigenvalue weighted by Crippen LogP contribution is 2.41. The van der Waals surface area contributed by atoms with Crippen LogP contribution in [0.25, 0.3) is 22.3 Å². The van der Waals surface area contributed by atoms with Gasteiger partial charge >= 0.3 is 0 Å². The van der Waals surface area contributed by atoms with Crippen molar-refractivity contribution >= 4 is 0 Å². The van der Waals surface area contributed by atoms with Gasteiger partial charge in [-0.2, -0.15) is 0 Å². The SMILES string of the molecule is [c]1cc(-c2ccccc2)c2c(c1)-c1ccccc1C2. The van der Waals surface area contributed by atoms with E-state index in [1.54, 1.807) is 0 Å². The molecule has 0 unspecified atom stereocenters. The quantitative estimate of drug-likeness (QED) is 0.452. The fraction of sp³-hybridized carbons (Fsp3) is 0.0526. The van der Waals surface area contributed by atoms with Gasteiger partial charge in [0.2, 0.25) is 0 Å². The van der Waals surface area contributed by atoms with Gasteiger partial charge in [-0.3, -0.25) is 0 Å². The molecule has 0 fully saturated rings. The summed E-state index contributed by atoms with van der Waals surface area (Å²) in [6, 6.07) is 26.8. The normalized spacial score (nSPS) is 12.0. The summed E-state index contributed by atoms with van der Waals surface area (Å²) in [4.78, 5) is 0. The second kappa shape index (κ2) is 4.10. The molecule has 1 aliphatic carbocycles. The van der Waals surface area contributed by atoms with Gasteiger partial charge in [0, 0.05) is 0 Å². The second-order valence-corrected chi connectivity index (χ2v) is 4.96. The summed E-state index contributed by atoms with van der Waals surface area (Å²) in [5.74, 6) is 0. The van der Waals surface area contributed by atoms with Gasteiger partial charge in [0.15, 0.2) is 0 Å². The Hall–Kier alpha value is -2.34. The van der Waals surface area contributed by atoms with Gasteiger partial charge in [-0.25, -0.2) is 0 Å². The summed E-state index contributed by atoms with van der Waals surface area (Å²) < 4.78 is 0. The minimum Gasteiger partial charge on any atom is -0.0622 e. The lowest BCUT2D eigenvalue weighted by atomic mass is 9.96. The third-order valence-electron chi connectivity index (χ3n) is 3.87. The van der Waals surface area contributed by atoms with Crippen LogP contribution in [0.1, 0.15) is 11.1 Å². The zero-order chi connectivity index (χ0) is 12.7. The molecule has 0 aromatic heterocycles. The molecule has 3 aromatic carbocycles. The Morgan fingerprint density at radius 2 is 1.42 bits per heavy atom. The maximum Gasteiger partial charge on any atom is -0.000728 e. The number of benzene rings is 3. The van der Waals surface area contributed by atoms with Crippen molar-refractivity contribution in [2.45, 2.75) is 6.42 Å². The van der Waals surface area contributed by atoms with E-state index >= 15 is 0 Å². The van der Waals surface area contributed by atoms with Crippen molar-refractivity contribution in [1.29, 1.82) is 0 Å². The first-order valence-electron chi connectivity index (χ1n) is 6.60. The molecule has 0 nitrogen and oxygen atoms in total. The molecule has 0 saturated heterocycles. The smallest absolute Gasteiger partial charge is 0.000728 e. The molecule has 0 bridgehead atoms. The van der Waals surface area contributed by atoms with E-state index in [1.165, 1.54) is 33.4 Å². The van der Waals surface area contributed by atoms with E-state index in [1.807, 2.05) is 0 Å². The lowest BCUT2D eigenvalue weighted by Crippen LogP contribution is -1.87. The average molecular weight is 241 g/mol. The van der Waals surface area contributed by atoms with Crippen molar-refractivity contribution in [2.24, 2.45) is 0 Å². The maximum absolute atomic E-state index is 3.30. The molecule has 0 heterocycles. The monoisotopic (exact) mass is 241 g/mol. The predicted octanol–water partition coefficient (Wildman–Crippen LogP) is 4.72. The topological polar surface area (TPSA) is 0 Å². The average Bonchev–Trinajstić information content (AvgIpc) is 2.87. The van der Waals surface area contributed by atoms with Crippen molar-refractivity contribution in [3.8, 4) is 22.3 Å². The Labute approximate surface area is 113 Å². The van der Waals surface area contributed by atoms with Crippen molar-refractivity contribution in [1.82, 2.24) is 0 Å². The van der Waals surface area contributed by atoms with Gasteiger partial charge in [-0.1, -0.05) is 54.6 Å². The van der Waals surface area contributed by atoms with E-state index in [9.17, 15) is 0 Å². The van der Waals surface area contributed by atoms with Crippen LogP contribution in [0.3, 0.4) is 0 Å². The molecule has 1 radical (unpaired) electrons. The van der Waals surface area contributed by atoms with Crippen LogP contribution in [0.2, 0.25) is 0 Å². The molecule has 0 heteroatoms. The number of hydrogen-bond donors (Lipinski definition) is 0. The molecule has 0 saturated carbocycles. The minimum atomic E-state index is 1.03. The van der Waals surface area contributed by atoms with E-state index in [0.717, 1.165) is 6.42 Å². The van der Waals surface area contributed by atoms with Crippen LogP contribution >= 0.6 is 0 Å². The van der Waals surface area contributed by atoms with Gasteiger partial charge in [-0.05, 0) is 58.0 Å².